The average molecular weight is 279 g/mol. The first-order valence-electron chi connectivity index (χ1n) is 5.46. The summed E-state index contributed by atoms with van der Waals surface area (Å²) < 4.78 is 0. The van der Waals surface area contributed by atoms with Crippen LogP contribution in [0.15, 0.2) is 47.6 Å². The molecule has 0 saturated heterocycles. The third-order valence-corrected chi connectivity index (χ3v) is 3.14. The molecule has 0 aliphatic carbocycles. The molecular weight excluding hydrogens is 267 g/mol. The number of anilines is 1. The first-order chi connectivity index (χ1) is 8.65. The van der Waals surface area contributed by atoms with Crippen molar-refractivity contribution in [2.75, 3.05) is 5.43 Å². The van der Waals surface area contributed by atoms with E-state index in [1.165, 1.54) is 5.56 Å². The highest BCUT2D eigenvalue weighted by atomic mass is 35.5. The van der Waals surface area contributed by atoms with E-state index in [-0.39, 0.29) is 0 Å². The normalized spacial score (nSPS) is 10.8. The molecule has 0 aromatic heterocycles. The minimum atomic E-state index is 0.507. The van der Waals surface area contributed by atoms with E-state index in [1.54, 1.807) is 18.3 Å². The molecule has 0 fully saturated rings. The Bertz CT molecular complexity index is 563. The van der Waals surface area contributed by atoms with Crippen molar-refractivity contribution < 1.29 is 0 Å². The summed E-state index contributed by atoms with van der Waals surface area (Å²) in [5, 5.41) is 5.17. The summed E-state index contributed by atoms with van der Waals surface area (Å²) >= 11 is 11.7. The van der Waals surface area contributed by atoms with Crippen LogP contribution in [0.2, 0.25) is 10.0 Å². The highest BCUT2D eigenvalue weighted by Crippen LogP contribution is 2.24. The van der Waals surface area contributed by atoms with Crippen LogP contribution in [0.3, 0.4) is 0 Å². The van der Waals surface area contributed by atoms with Gasteiger partial charge in [0, 0.05) is 0 Å². The van der Waals surface area contributed by atoms with Gasteiger partial charge in [0.25, 0.3) is 0 Å². The predicted molar refractivity (Wildman–Crippen MR) is 78.9 cm³/mol. The summed E-state index contributed by atoms with van der Waals surface area (Å²) in [6, 6.07) is 13.4. The molecule has 0 atom stereocenters. The molecule has 0 bridgehead atoms. The van der Waals surface area contributed by atoms with E-state index in [0.717, 1.165) is 11.3 Å². The number of halogens is 2. The van der Waals surface area contributed by atoms with Crippen LogP contribution in [0.1, 0.15) is 11.1 Å². The molecule has 0 radical (unpaired) electrons. The van der Waals surface area contributed by atoms with Gasteiger partial charge in [-0.05, 0) is 30.7 Å². The third-order valence-electron chi connectivity index (χ3n) is 2.40. The number of nitrogens with zero attached hydrogens (tertiary/aromatic N) is 1. The van der Waals surface area contributed by atoms with E-state index in [0.29, 0.717) is 10.0 Å². The average Bonchev–Trinajstić information content (AvgIpc) is 2.36. The van der Waals surface area contributed by atoms with Crippen molar-refractivity contribution in [2.45, 2.75) is 6.92 Å². The van der Waals surface area contributed by atoms with Crippen LogP contribution < -0.4 is 5.43 Å². The van der Waals surface area contributed by atoms with Crippen molar-refractivity contribution in [1.82, 2.24) is 0 Å². The minimum Gasteiger partial charge on any atom is -0.278 e. The lowest BCUT2D eigenvalue weighted by atomic mass is 10.2. The van der Waals surface area contributed by atoms with Gasteiger partial charge in [-0.1, -0.05) is 53.0 Å². The Morgan fingerprint density at radius 2 is 1.72 bits per heavy atom. The van der Waals surface area contributed by atoms with E-state index in [9.17, 15) is 0 Å². The molecule has 2 aromatic rings. The number of hydrogen-bond acceptors (Lipinski definition) is 2. The summed E-state index contributed by atoms with van der Waals surface area (Å²) in [6.45, 7) is 2.05. The maximum Gasteiger partial charge on any atom is 0.0613 e. The standard InChI is InChI=1S/C14H12Cl2N2/c1-10-2-4-11(5-3-10)9-17-18-12-6-7-13(15)14(16)8-12/h2-9,18H,1H3/b17-9-. The second-order valence-electron chi connectivity index (χ2n) is 3.91. The van der Waals surface area contributed by atoms with Gasteiger partial charge in [0.05, 0.1) is 21.9 Å². The van der Waals surface area contributed by atoms with E-state index in [2.05, 4.69) is 17.5 Å². The van der Waals surface area contributed by atoms with Crippen LogP contribution in [-0.2, 0) is 0 Å². The van der Waals surface area contributed by atoms with Crippen LogP contribution in [0.5, 0.6) is 0 Å². The molecule has 2 aromatic carbocycles. The lowest BCUT2D eigenvalue weighted by Gasteiger charge is -2.01. The monoisotopic (exact) mass is 278 g/mol. The molecule has 0 saturated carbocycles. The van der Waals surface area contributed by atoms with E-state index in [4.69, 9.17) is 23.2 Å². The highest BCUT2D eigenvalue weighted by molar-refractivity contribution is 6.42. The van der Waals surface area contributed by atoms with Gasteiger partial charge in [0.15, 0.2) is 0 Å². The fourth-order valence-corrected chi connectivity index (χ4v) is 1.70. The van der Waals surface area contributed by atoms with Crippen LogP contribution in [-0.4, -0.2) is 6.21 Å². The van der Waals surface area contributed by atoms with Crippen molar-refractivity contribution in [3.8, 4) is 0 Å². The van der Waals surface area contributed by atoms with Crippen molar-refractivity contribution >= 4 is 35.1 Å². The zero-order chi connectivity index (χ0) is 13.0. The molecule has 0 heterocycles. The Kier molecular flexibility index (Phi) is 4.24. The van der Waals surface area contributed by atoms with Gasteiger partial charge in [-0.15, -0.1) is 0 Å². The molecule has 0 unspecified atom stereocenters. The Morgan fingerprint density at radius 3 is 2.39 bits per heavy atom. The topological polar surface area (TPSA) is 24.4 Å². The minimum absolute atomic E-state index is 0.507. The molecule has 1 N–H and O–H groups in total. The Hall–Kier alpha value is -1.51. The number of hydrogen-bond donors (Lipinski definition) is 1. The maximum atomic E-state index is 5.90. The lowest BCUT2D eigenvalue weighted by molar-refractivity contribution is 1.35. The molecule has 18 heavy (non-hydrogen) atoms. The van der Waals surface area contributed by atoms with Crippen molar-refractivity contribution in [2.24, 2.45) is 5.10 Å². The van der Waals surface area contributed by atoms with E-state index >= 15 is 0 Å². The van der Waals surface area contributed by atoms with Crippen molar-refractivity contribution in [3.05, 3.63) is 63.6 Å². The predicted octanol–water partition coefficient (Wildman–Crippen LogP) is 4.75. The molecule has 0 amide bonds. The Morgan fingerprint density at radius 1 is 1.00 bits per heavy atom. The smallest absolute Gasteiger partial charge is 0.0613 e. The summed E-state index contributed by atoms with van der Waals surface area (Å²) in [7, 11) is 0. The maximum absolute atomic E-state index is 5.90. The van der Waals surface area contributed by atoms with Gasteiger partial charge in [-0.3, -0.25) is 5.43 Å². The van der Waals surface area contributed by atoms with Crippen LogP contribution in [0.25, 0.3) is 0 Å². The molecule has 2 rings (SSSR count). The molecule has 0 spiro atoms. The van der Waals surface area contributed by atoms with E-state index < -0.39 is 0 Å². The Labute approximate surface area is 116 Å². The molecule has 4 heteroatoms. The van der Waals surface area contributed by atoms with Gasteiger partial charge in [-0.2, -0.15) is 5.10 Å². The van der Waals surface area contributed by atoms with Crippen LogP contribution in [0, 0.1) is 6.92 Å². The first kappa shape index (κ1) is 12.9. The fraction of sp³-hybridized carbons (Fsp3) is 0.0714. The van der Waals surface area contributed by atoms with Gasteiger partial charge in [-0.25, -0.2) is 0 Å². The van der Waals surface area contributed by atoms with Crippen LogP contribution in [0.4, 0.5) is 5.69 Å². The largest absolute Gasteiger partial charge is 0.278 e. The first-order valence-corrected chi connectivity index (χ1v) is 6.21. The fourth-order valence-electron chi connectivity index (χ4n) is 1.40. The van der Waals surface area contributed by atoms with Gasteiger partial charge < -0.3 is 0 Å². The highest BCUT2D eigenvalue weighted by Gasteiger charge is 1.97. The zero-order valence-corrected chi connectivity index (χ0v) is 11.3. The summed E-state index contributed by atoms with van der Waals surface area (Å²) in [4.78, 5) is 0. The van der Waals surface area contributed by atoms with Gasteiger partial charge in [0.1, 0.15) is 0 Å². The number of aryl methyl sites for hydroxylation is 1. The quantitative estimate of drug-likeness (QED) is 0.636. The van der Waals surface area contributed by atoms with Crippen LogP contribution >= 0.6 is 23.2 Å². The van der Waals surface area contributed by atoms with E-state index in [1.807, 2.05) is 30.3 Å². The lowest BCUT2D eigenvalue weighted by Crippen LogP contribution is -1.90. The van der Waals surface area contributed by atoms with Gasteiger partial charge >= 0.3 is 0 Å². The molecule has 0 aliphatic heterocycles. The Balaban J connectivity index is 2.02. The van der Waals surface area contributed by atoms with Crippen molar-refractivity contribution in [3.63, 3.8) is 0 Å². The molecule has 0 aliphatic rings. The molecule has 2 nitrogen and oxygen atoms in total. The second kappa shape index (κ2) is 5.89. The summed E-state index contributed by atoms with van der Waals surface area (Å²) in [5.74, 6) is 0. The SMILES string of the molecule is Cc1ccc(/C=N\Nc2ccc(Cl)c(Cl)c2)cc1. The van der Waals surface area contributed by atoms with Gasteiger partial charge in [0.2, 0.25) is 0 Å². The summed E-state index contributed by atoms with van der Waals surface area (Å²) in [5.41, 5.74) is 5.96. The number of hydrazone groups is 1. The third kappa shape index (κ3) is 3.49. The summed E-state index contributed by atoms with van der Waals surface area (Å²) in [6.07, 6.45) is 1.75. The number of rotatable bonds is 3. The second-order valence-corrected chi connectivity index (χ2v) is 4.72. The number of nitrogens with one attached hydrogen (secondary N) is 1. The molecular formula is C14H12Cl2N2. The number of benzene rings is 2. The zero-order valence-electron chi connectivity index (χ0n) is 9.82. The van der Waals surface area contributed by atoms with Crippen molar-refractivity contribution in [1.29, 1.82) is 0 Å². The molecule has 92 valence electrons.